The molecule has 0 amide bonds. The van der Waals surface area contributed by atoms with Crippen LogP contribution in [0.3, 0.4) is 0 Å². The molecule has 1 saturated heterocycles. The Hall–Kier alpha value is -0.740. The van der Waals surface area contributed by atoms with Gasteiger partial charge in [0.25, 0.3) is 0 Å². The van der Waals surface area contributed by atoms with Gasteiger partial charge in [0.05, 0.1) is 18.1 Å². The molecular weight excluding hydrogens is 477 g/mol. The summed E-state index contributed by atoms with van der Waals surface area (Å²) in [4.78, 5) is 4.48. The Labute approximate surface area is 171 Å². The normalized spacial score (nSPS) is 20.4. The summed E-state index contributed by atoms with van der Waals surface area (Å²) in [5.41, 5.74) is 0. The molecule has 1 aromatic rings. The van der Waals surface area contributed by atoms with Crippen LogP contribution in [0.4, 0.5) is 0 Å². The van der Waals surface area contributed by atoms with E-state index in [2.05, 4.69) is 15.6 Å². The van der Waals surface area contributed by atoms with E-state index in [4.69, 9.17) is 16.3 Å². The Morgan fingerprint density at radius 1 is 1.48 bits per heavy atom. The van der Waals surface area contributed by atoms with Crippen LogP contribution in [0.15, 0.2) is 29.3 Å². The summed E-state index contributed by atoms with van der Waals surface area (Å²) >= 11 is 5.94. The van der Waals surface area contributed by atoms with Gasteiger partial charge in [0.1, 0.15) is 11.9 Å². The molecule has 0 spiro atoms. The van der Waals surface area contributed by atoms with E-state index in [1.165, 1.54) is 0 Å². The zero-order chi connectivity index (χ0) is 17.6. The van der Waals surface area contributed by atoms with Gasteiger partial charge < -0.3 is 15.4 Å². The highest BCUT2D eigenvalue weighted by atomic mass is 127. The highest BCUT2D eigenvalue weighted by Gasteiger charge is 2.28. The highest BCUT2D eigenvalue weighted by Crippen LogP contribution is 2.18. The molecule has 2 rings (SSSR count). The number of hydrogen-bond donors (Lipinski definition) is 2. The predicted octanol–water partition coefficient (Wildman–Crippen LogP) is 2.47. The monoisotopic (exact) mass is 501 g/mol. The quantitative estimate of drug-likeness (QED) is 0.356. The third-order valence-corrected chi connectivity index (χ3v) is 5.56. The number of sulfone groups is 1. The Kier molecular flexibility index (Phi) is 9.29. The fourth-order valence-corrected chi connectivity index (χ4v) is 4.31. The van der Waals surface area contributed by atoms with Gasteiger partial charge in [-0.05, 0) is 38.5 Å². The minimum atomic E-state index is -2.91. The average molecular weight is 502 g/mol. The number of ether oxygens (including phenoxy) is 1. The first-order valence-electron chi connectivity index (χ1n) is 8.05. The largest absolute Gasteiger partial charge is 0.489 e. The van der Waals surface area contributed by atoms with Crippen molar-refractivity contribution in [3.63, 3.8) is 0 Å². The molecule has 1 aromatic carbocycles. The lowest BCUT2D eigenvalue weighted by Crippen LogP contribution is -2.44. The van der Waals surface area contributed by atoms with Crippen LogP contribution in [0.2, 0.25) is 5.02 Å². The Morgan fingerprint density at radius 3 is 2.84 bits per heavy atom. The second kappa shape index (κ2) is 10.4. The molecule has 0 bridgehead atoms. The molecule has 9 heteroatoms. The molecule has 6 nitrogen and oxygen atoms in total. The minimum Gasteiger partial charge on any atom is -0.489 e. The summed E-state index contributed by atoms with van der Waals surface area (Å²) in [5.74, 6) is 1.70. The fourth-order valence-electron chi connectivity index (χ4n) is 2.45. The second-order valence-electron chi connectivity index (χ2n) is 5.85. The number of rotatable bonds is 6. The number of nitrogens with one attached hydrogen (secondary N) is 2. The molecule has 0 saturated carbocycles. The minimum absolute atomic E-state index is 0. The van der Waals surface area contributed by atoms with Gasteiger partial charge in [0.2, 0.25) is 0 Å². The molecule has 0 aromatic heterocycles. The summed E-state index contributed by atoms with van der Waals surface area (Å²) in [6.07, 6.45) is 0.479. The molecule has 142 valence electrons. The van der Waals surface area contributed by atoms with Gasteiger partial charge in [0, 0.05) is 17.6 Å². The molecule has 2 unspecified atom stereocenters. The van der Waals surface area contributed by atoms with Crippen molar-refractivity contribution in [3.8, 4) is 5.75 Å². The molecule has 1 heterocycles. The molecular formula is C16H25ClIN3O3S. The number of benzene rings is 1. The number of hydrogen-bond acceptors (Lipinski definition) is 4. The van der Waals surface area contributed by atoms with Crippen molar-refractivity contribution in [3.05, 3.63) is 29.3 Å². The summed E-state index contributed by atoms with van der Waals surface area (Å²) in [6.45, 7) is 5.04. The maximum absolute atomic E-state index is 11.5. The standard InChI is InChI=1S/C16H24ClN3O3S.HI/c1-3-18-16(20-14-7-8-24(21,22)11-14)19-10-12(2)23-15-6-4-5-13(17)9-15;/h4-6,9,12,14H,3,7-8,10-11H2,1-2H3,(H2,18,19,20);1H. The van der Waals surface area contributed by atoms with Gasteiger partial charge in [0.15, 0.2) is 15.8 Å². The van der Waals surface area contributed by atoms with Crippen molar-refractivity contribution in [1.29, 1.82) is 0 Å². The number of halogens is 2. The molecule has 1 aliphatic heterocycles. The smallest absolute Gasteiger partial charge is 0.191 e. The van der Waals surface area contributed by atoms with Crippen molar-refractivity contribution in [2.75, 3.05) is 24.6 Å². The van der Waals surface area contributed by atoms with E-state index in [0.717, 1.165) is 0 Å². The van der Waals surface area contributed by atoms with E-state index in [1.807, 2.05) is 26.0 Å². The first kappa shape index (κ1) is 22.3. The average Bonchev–Trinajstić information content (AvgIpc) is 2.84. The molecule has 25 heavy (non-hydrogen) atoms. The van der Waals surface area contributed by atoms with Crippen LogP contribution in [0, 0.1) is 0 Å². The Balaban J connectivity index is 0.00000312. The summed E-state index contributed by atoms with van der Waals surface area (Å²) < 4.78 is 28.9. The van der Waals surface area contributed by atoms with Gasteiger partial charge in [-0.1, -0.05) is 17.7 Å². The molecule has 1 fully saturated rings. The van der Waals surface area contributed by atoms with Gasteiger partial charge in [-0.15, -0.1) is 24.0 Å². The zero-order valence-corrected chi connectivity index (χ0v) is 18.3. The fraction of sp³-hybridized carbons (Fsp3) is 0.562. The van der Waals surface area contributed by atoms with E-state index < -0.39 is 9.84 Å². The zero-order valence-electron chi connectivity index (χ0n) is 14.4. The third-order valence-electron chi connectivity index (χ3n) is 3.56. The maximum atomic E-state index is 11.5. The van der Waals surface area contributed by atoms with Crippen LogP contribution in [-0.4, -0.2) is 51.1 Å². The lowest BCUT2D eigenvalue weighted by atomic mass is 10.3. The number of guanidine groups is 1. The number of aliphatic imine (C=N–C) groups is 1. The lowest BCUT2D eigenvalue weighted by Gasteiger charge is -2.17. The van der Waals surface area contributed by atoms with E-state index in [9.17, 15) is 8.42 Å². The first-order valence-corrected chi connectivity index (χ1v) is 10.3. The highest BCUT2D eigenvalue weighted by molar-refractivity contribution is 14.0. The summed E-state index contributed by atoms with van der Waals surface area (Å²) in [5, 5.41) is 6.94. The van der Waals surface area contributed by atoms with Gasteiger partial charge in [-0.3, -0.25) is 0 Å². The van der Waals surface area contributed by atoms with Crippen molar-refractivity contribution >= 4 is 51.4 Å². The molecule has 0 radical (unpaired) electrons. The van der Waals surface area contributed by atoms with E-state index in [1.54, 1.807) is 12.1 Å². The van der Waals surface area contributed by atoms with Crippen molar-refractivity contribution in [2.24, 2.45) is 4.99 Å². The van der Waals surface area contributed by atoms with Gasteiger partial charge in [-0.2, -0.15) is 0 Å². The van der Waals surface area contributed by atoms with Crippen molar-refractivity contribution in [2.45, 2.75) is 32.4 Å². The van der Waals surface area contributed by atoms with Crippen LogP contribution in [0.25, 0.3) is 0 Å². The van der Waals surface area contributed by atoms with E-state index >= 15 is 0 Å². The topological polar surface area (TPSA) is 79.8 Å². The second-order valence-corrected chi connectivity index (χ2v) is 8.51. The third kappa shape index (κ3) is 8.00. The van der Waals surface area contributed by atoms with Crippen LogP contribution in [-0.2, 0) is 9.84 Å². The van der Waals surface area contributed by atoms with Crippen LogP contribution < -0.4 is 15.4 Å². The SMILES string of the molecule is CCNC(=NCC(C)Oc1cccc(Cl)c1)NC1CCS(=O)(=O)C1.I. The Morgan fingerprint density at radius 2 is 2.24 bits per heavy atom. The van der Waals surface area contributed by atoms with Crippen LogP contribution in [0.1, 0.15) is 20.3 Å². The Bertz CT molecular complexity index is 685. The lowest BCUT2D eigenvalue weighted by molar-refractivity contribution is 0.230. The molecule has 2 atom stereocenters. The number of nitrogens with zero attached hydrogens (tertiary/aromatic N) is 1. The van der Waals surface area contributed by atoms with Crippen LogP contribution >= 0.6 is 35.6 Å². The predicted molar refractivity (Wildman–Crippen MR) is 113 cm³/mol. The van der Waals surface area contributed by atoms with E-state index in [-0.39, 0.29) is 47.6 Å². The maximum Gasteiger partial charge on any atom is 0.191 e. The summed E-state index contributed by atoms with van der Waals surface area (Å²) in [7, 11) is -2.91. The van der Waals surface area contributed by atoms with Crippen LogP contribution in [0.5, 0.6) is 5.75 Å². The first-order chi connectivity index (χ1) is 11.4. The molecule has 0 aliphatic carbocycles. The molecule has 2 N–H and O–H groups in total. The van der Waals surface area contributed by atoms with Gasteiger partial charge in [-0.25, -0.2) is 13.4 Å². The summed E-state index contributed by atoms with van der Waals surface area (Å²) in [6, 6.07) is 7.14. The van der Waals surface area contributed by atoms with Gasteiger partial charge >= 0.3 is 0 Å². The van der Waals surface area contributed by atoms with E-state index in [0.29, 0.717) is 36.2 Å². The molecule has 1 aliphatic rings. The van der Waals surface area contributed by atoms with Crippen molar-refractivity contribution < 1.29 is 13.2 Å². The van der Waals surface area contributed by atoms with Crippen molar-refractivity contribution in [1.82, 2.24) is 10.6 Å².